The van der Waals surface area contributed by atoms with E-state index in [9.17, 15) is 4.79 Å². The second-order valence-corrected chi connectivity index (χ2v) is 10.3. The number of ether oxygens (including phenoxy) is 1. The zero-order valence-corrected chi connectivity index (χ0v) is 22.8. The van der Waals surface area contributed by atoms with Crippen molar-refractivity contribution in [1.82, 2.24) is 9.80 Å². The standard InChI is InChI=1S/C31H39N5O2/c1-24-9-8-13-28(25(24)2)34-19-21-36(22-20-34)31(37)32-27-11-5-4-10-26(27)23-38-30-14-7-6-12-29(30)35-17-15-33(3)16-18-35/h4-14H,15-23H2,1-3H3,(H,32,37). The van der Waals surface area contributed by atoms with Crippen molar-refractivity contribution in [3.63, 3.8) is 0 Å². The highest BCUT2D eigenvalue weighted by molar-refractivity contribution is 5.90. The number of aryl methyl sites for hydroxylation is 1. The molecule has 0 radical (unpaired) electrons. The molecule has 3 aromatic rings. The molecular formula is C31H39N5O2. The summed E-state index contributed by atoms with van der Waals surface area (Å²) < 4.78 is 6.33. The van der Waals surface area contributed by atoms with Crippen molar-refractivity contribution < 1.29 is 9.53 Å². The number of carbonyl (C=O) groups excluding carboxylic acids is 1. The quantitative estimate of drug-likeness (QED) is 0.503. The van der Waals surface area contributed by atoms with Gasteiger partial charge in [0.25, 0.3) is 0 Å². The third-order valence-corrected chi connectivity index (χ3v) is 7.83. The van der Waals surface area contributed by atoms with Gasteiger partial charge in [-0.3, -0.25) is 0 Å². The molecule has 2 aliphatic heterocycles. The molecule has 0 bridgehead atoms. The summed E-state index contributed by atoms with van der Waals surface area (Å²) in [5.74, 6) is 0.876. The minimum absolute atomic E-state index is 0.0594. The zero-order chi connectivity index (χ0) is 26.5. The predicted molar refractivity (Wildman–Crippen MR) is 156 cm³/mol. The van der Waals surface area contributed by atoms with Crippen LogP contribution in [0.25, 0.3) is 0 Å². The SMILES string of the molecule is Cc1cccc(N2CCN(C(=O)Nc3ccccc3COc3ccccc3N3CCN(C)CC3)CC2)c1C. The van der Waals surface area contributed by atoms with Gasteiger partial charge in [0.05, 0.1) is 5.69 Å². The van der Waals surface area contributed by atoms with Gasteiger partial charge in [-0.1, -0.05) is 42.5 Å². The molecule has 7 nitrogen and oxygen atoms in total. The average molecular weight is 514 g/mol. The summed E-state index contributed by atoms with van der Waals surface area (Å²) in [6.07, 6.45) is 0. The number of piperazine rings is 2. The number of hydrogen-bond donors (Lipinski definition) is 1. The van der Waals surface area contributed by atoms with E-state index in [2.05, 4.69) is 71.2 Å². The molecule has 2 fully saturated rings. The molecule has 38 heavy (non-hydrogen) atoms. The molecule has 200 valence electrons. The third-order valence-electron chi connectivity index (χ3n) is 7.83. The highest BCUT2D eigenvalue weighted by Gasteiger charge is 2.23. The van der Waals surface area contributed by atoms with E-state index in [-0.39, 0.29) is 6.03 Å². The number of urea groups is 1. The number of carbonyl (C=O) groups is 1. The van der Waals surface area contributed by atoms with Gasteiger partial charge in [0.15, 0.2) is 0 Å². The van der Waals surface area contributed by atoms with Crippen LogP contribution in [0.15, 0.2) is 66.7 Å². The fraction of sp³-hybridized carbons (Fsp3) is 0.387. The van der Waals surface area contributed by atoms with E-state index < -0.39 is 0 Å². The fourth-order valence-corrected chi connectivity index (χ4v) is 5.23. The molecule has 0 unspecified atom stereocenters. The number of amides is 2. The molecule has 0 aliphatic carbocycles. The molecule has 2 aliphatic rings. The minimum atomic E-state index is -0.0594. The molecule has 5 rings (SSSR count). The number of likely N-dealkylation sites (N-methyl/N-ethyl adjacent to an activating group) is 1. The summed E-state index contributed by atoms with van der Waals surface area (Å²) in [5, 5.41) is 3.15. The Labute approximate surface area is 226 Å². The van der Waals surface area contributed by atoms with E-state index in [1.165, 1.54) is 16.8 Å². The highest BCUT2D eigenvalue weighted by atomic mass is 16.5. The first kappa shape index (κ1) is 25.9. The number of benzene rings is 3. The third kappa shape index (κ3) is 5.89. The lowest BCUT2D eigenvalue weighted by Crippen LogP contribution is -2.50. The van der Waals surface area contributed by atoms with E-state index in [1.54, 1.807) is 0 Å². The van der Waals surface area contributed by atoms with Crippen molar-refractivity contribution >= 4 is 23.1 Å². The van der Waals surface area contributed by atoms with Crippen LogP contribution in [0, 0.1) is 13.8 Å². The zero-order valence-electron chi connectivity index (χ0n) is 22.8. The van der Waals surface area contributed by atoms with Crippen LogP contribution >= 0.6 is 0 Å². The fourth-order valence-electron chi connectivity index (χ4n) is 5.23. The predicted octanol–water partition coefficient (Wildman–Crippen LogP) is 4.99. The molecule has 7 heteroatoms. The van der Waals surface area contributed by atoms with Crippen LogP contribution in [-0.2, 0) is 6.61 Å². The Kier molecular flexibility index (Phi) is 8.03. The van der Waals surface area contributed by atoms with E-state index in [0.717, 1.165) is 62.0 Å². The second-order valence-electron chi connectivity index (χ2n) is 10.3. The lowest BCUT2D eigenvalue weighted by molar-refractivity contribution is 0.208. The Morgan fingerprint density at radius 3 is 2.18 bits per heavy atom. The first-order valence-corrected chi connectivity index (χ1v) is 13.6. The molecule has 0 atom stereocenters. The van der Waals surface area contributed by atoms with Crippen molar-refractivity contribution in [1.29, 1.82) is 0 Å². The lowest BCUT2D eigenvalue weighted by Gasteiger charge is -2.37. The smallest absolute Gasteiger partial charge is 0.321 e. The molecule has 1 N–H and O–H groups in total. The van der Waals surface area contributed by atoms with Gasteiger partial charge >= 0.3 is 6.03 Å². The van der Waals surface area contributed by atoms with E-state index >= 15 is 0 Å². The number of nitrogens with zero attached hydrogens (tertiary/aromatic N) is 4. The first-order valence-electron chi connectivity index (χ1n) is 13.6. The Hall–Kier alpha value is -3.71. The van der Waals surface area contributed by atoms with Crippen LogP contribution in [0.3, 0.4) is 0 Å². The van der Waals surface area contributed by atoms with Gasteiger partial charge in [-0.25, -0.2) is 4.79 Å². The van der Waals surface area contributed by atoms with Gasteiger partial charge in [0.2, 0.25) is 0 Å². The molecule has 0 aromatic heterocycles. The number of rotatable bonds is 6. The van der Waals surface area contributed by atoms with Crippen molar-refractivity contribution in [2.75, 3.05) is 74.5 Å². The summed E-state index contributed by atoms with van der Waals surface area (Å²) in [6, 6.07) is 22.5. The van der Waals surface area contributed by atoms with Crippen molar-refractivity contribution in [2.24, 2.45) is 0 Å². The first-order chi connectivity index (χ1) is 18.5. The van der Waals surface area contributed by atoms with Crippen molar-refractivity contribution in [3.05, 3.63) is 83.4 Å². The highest BCUT2D eigenvalue weighted by Crippen LogP contribution is 2.30. The van der Waals surface area contributed by atoms with Crippen LogP contribution in [-0.4, -0.2) is 75.2 Å². The lowest BCUT2D eigenvalue weighted by atomic mass is 10.1. The van der Waals surface area contributed by atoms with Gasteiger partial charge in [-0.05, 0) is 56.3 Å². The molecule has 0 spiro atoms. The maximum Gasteiger partial charge on any atom is 0.321 e. The molecular weight excluding hydrogens is 474 g/mol. The summed E-state index contributed by atoms with van der Waals surface area (Å²) in [7, 11) is 2.16. The molecule has 0 saturated carbocycles. The van der Waals surface area contributed by atoms with Crippen molar-refractivity contribution in [2.45, 2.75) is 20.5 Å². The van der Waals surface area contributed by atoms with Gasteiger partial charge < -0.3 is 29.7 Å². The summed E-state index contributed by atoms with van der Waals surface area (Å²) in [4.78, 5) is 22.2. The Morgan fingerprint density at radius 2 is 1.39 bits per heavy atom. The summed E-state index contributed by atoms with van der Waals surface area (Å²) in [5.41, 5.74) is 6.77. The number of anilines is 3. The minimum Gasteiger partial charge on any atom is -0.487 e. The largest absolute Gasteiger partial charge is 0.487 e. The Balaban J connectivity index is 1.20. The van der Waals surface area contributed by atoms with Gasteiger partial charge in [0, 0.05) is 69.3 Å². The Bertz CT molecular complexity index is 1250. The maximum absolute atomic E-state index is 13.2. The van der Waals surface area contributed by atoms with E-state index in [0.29, 0.717) is 19.7 Å². The number of para-hydroxylation sites is 3. The van der Waals surface area contributed by atoms with Crippen LogP contribution in [0.5, 0.6) is 5.75 Å². The normalized spacial score (nSPS) is 16.4. The molecule has 2 amide bonds. The van der Waals surface area contributed by atoms with Crippen molar-refractivity contribution in [3.8, 4) is 5.75 Å². The van der Waals surface area contributed by atoms with Crippen LogP contribution in [0.1, 0.15) is 16.7 Å². The van der Waals surface area contributed by atoms with Crippen LogP contribution in [0.4, 0.5) is 21.9 Å². The number of hydrogen-bond acceptors (Lipinski definition) is 5. The van der Waals surface area contributed by atoms with Crippen LogP contribution in [0.2, 0.25) is 0 Å². The molecule has 3 aromatic carbocycles. The Morgan fingerprint density at radius 1 is 0.763 bits per heavy atom. The molecule has 2 saturated heterocycles. The van der Waals surface area contributed by atoms with Gasteiger partial charge in [-0.15, -0.1) is 0 Å². The van der Waals surface area contributed by atoms with Crippen LogP contribution < -0.4 is 19.9 Å². The monoisotopic (exact) mass is 513 g/mol. The number of nitrogens with one attached hydrogen (secondary N) is 1. The topological polar surface area (TPSA) is 51.3 Å². The van der Waals surface area contributed by atoms with Gasteiger partial charge in [-0.2, -0.15) is 0 Å². The second kappa shape index (κ2) is 11.8. The molecule has 2 heterocycles. The maximum atomic E-state index is 13.2. The average Bonchev–Trinajstić information content (AvgIpc) is 2.95. The van der Waals surface area contributed by atoms with Gasteiger partial charge in [0.1, 0.15) is 12.4 Å². The summed E-state index contributed by atoms with van der Waals surface area (Å²) in [6.45, 7) is 11.8. The summed E-state index contributed by atoms with van der Waals surface area (Å²) >= 11 is 0. The van der Waals surface area contributed by atoms with E-state index in [1.807, 2.05) is 41.3 Å². The van der Waals surface area contributed by atoms with E-state index in [4.69, 9.17) is 4.74 Å².